The molecule has 85 heavy (non-hydrogen) atoms. The van der Waals surface area contributed by atoms with Gasteiger partial charge < -0.3 is 28.8 Å². The molecular weight excluding hydrogens is 1070 g/mol. The molecule has 448 valence electrons. The van der Waals surface area contributed by atoms with Gasteiger partial charge in [-0.05, 0) is 172 Å². The number of hydrogen-bond donors (Lipinski definition) is 0. The van der Waals surface area contributed by atoms with Crippen LogP contribution in [0.2, 0.25) is 0 Å². The summed E-state index contributed by atoms with van der Waals surface area (Å²) in [5.41, 5.74) is 10.5. The molecule has 13 nitrogen and oxygen atoms in total. The van der Waals surface area contributed by atoms with Crippen molar-refractivity contribution in [3.8, 4) is 23.0 Å². The van der Waals surface area contributed by atoms with Gasteiger partial charge >= 0.3 is 11.6 Å². The van der Waals surface area contributed by atoms with E-state index in [4.69, 9.17) is 27.8 Å². The zero-order valence-corrected chi connectivity index (χ0v) is 50.5. The first kappa shape index (κ1) is 61.8. The number of methoxy groups -OCH3 is 4. The van der Waals surface area contributed by atoms with E-state index in [0.29, 0.717) is 65.2 Å². The van der Waals surface area contributed by atoms with Crippen LogP contribution in [0.3, 0.4) is 0 Å². The molecule has 0 aromatic heterocycles. The molecule has 4 aliphatic carbocycles. The maximum atomic E-state index is 12.9. The van der Waals surface area contributed by atoms with Gasteiger partial charge in [-0.3, -0.25) is 24.3 Å². The van der Waals surface area contributed by atoms with Crippen LogP contribution in [0.25, 0.3) is 0 Å². The molecule has 3 aliphatic heterocycles. The normalized spacial score (nSPS) is 20.6. The summed E-state index contributed by atoms with van der Waals surface area (Å²) in [6.45, 7) is 9.56. The van der Waals surface area contributed by atoms with Crippen LogP contribution in [0, 0.1) is 23.7 Å². The van der Waals surface area contributed by atoms with Crippen molar-refractivity contribution in [2.75, 3.05) is 81.9 Å². The molecule has 5 aromatic carbocycles. The zero-order chi connectivity index (χ0) is 59.7. The molecule has 1 unspecified atom stereocenters. The third-order valence-corrected chi connectivity index (χ3v) is 17.6. The van der Waals surface area contributed by atoms with Crippen molar-refractivity contribution >= 4 is 29.4 Å². The molecule has 5 aromatic rings. The van der Waals surface area contributed by atoms with Crippen molar-refractivity contribution in [1.82, 2.24) is 14.7 Å². The summed E-state index contributed by atoms with van der Waals surface area (Å²) in [6, 6.07) is 39.4. The van der Waals surface area contributed by atoms with Crippen molar-refractivity contribution in [2.45, 2.75) is 83.8 Å². The summed E-state index contributed by atoms with van der Waals surface area (Å²) in [7, 11) is 9.63. The molecule has 0 bridgehead atoms. The van der Waals surface area contributed by atoms with Crippen LogP contribution < -0.4 is 24.1 Å². The zero-order valence-electron chi connectivity index (χ0n) is 50.5. The predicted molar refractivity (Wildman–Crippen MR) is 334 cm³/mol. The molecule has 0 saturated carbocycles. The number of hydrogen-bond acceptors (Lipinski definition) is 11. The number of allylic oxidation sites excluding steroid dienone is 6. The van der Waals surface area contributed by atoms with Crippen molar-refractivity contribution < 1.29 is 48.7 Å². The SMILES string of the molecule is COc1cc2c(cc1OC)C(=O)/C(=C/C1CCN(Cc3ccccc3)CC1)C2.COc1cc2c(cc1OC)C(=O)C(CC1CCN(Cc3ccccc3)CC1)C2.C[O+]=C1C=C2CC=C([O-])C2=CC1=[O+]C.O=CC1CCN(Cc2ccccc2)CC1.[HH]. The third kappa shape index (κ3) is 16.2. The molecule has 1 atom stereocenters. The monoisotopic (exact) mass is 1150 g/mol. The first-order chi connectivity index (χ1) is 41.5. The lowest BCUT2D eigenvalue weighted by atomic mass is 9.85. The minimum absolute atomic E-state index is 0. The van der Waals surface area contributed by atoms with Crippen LogP contribution >= 0.6 is 0 Å². The van der Waals surface area contributed by atoms with Crippen molar-refractivity contribution in [3.05, 3.63) is 201 Å². The van der Waals surface area contributed by atoms with E-state index in [1.54, 1.807) is 54.8 Å². The van der Waals surface area contributed by atoms with Crippen molar-refractivity contribution in [2.24, 2.45) is 23.7 Å². The number of carbonyl (C=O) groups is 3. The Morgan fingerprint density at radius 3 is 1.51 bits per heavy atom. The minimum Gasteiger partial charge on any atom is -0.872 e. The summed E-state index contributed by atoms with van der Waals surface area (Å²) < 4.78 is 31.8. The van der Waals surface area contributed by atoms with Crippen molar-refractivity contribution in [3.63, 3.8) is 0 Å². The Balaban J connectivity index is 0.000000155. The summed E-state index contributed by atoms with van der Waals surface area (Å²) in [6.07, 6.45) is 18.4. The Bertz CT molecular complexity index is 3280. The van der Waals surface area contributed by atoms with E-state index in [2.05, 4.69) is 106 Å². The number of fused-ring (bicyclic) bond motifs is 3. The molecule has 0 amide bonds. The standard InChI is InChI=1S/C24H29NO3.C24H27NO3.C13H17NO.C11H11O3.H2/c2*1-27-22-14-19-13-20(24(26)21(19)15-23(22)28-2)12-17-8-10-25(11-9-17)16-18-6-4-3-5-7-18;15-11-13-6-8-14(9-7-13)10-12-4-2-1-3-5-12;1-13-10-5-7-3-4-9(12)8(7)6-11(10)14-2;/h3-7,14-15,17,20H,8-13,16H2,1-2H3;3-7,12,14-15,17H,8-11,13,16H2,1-2H3;1-5,11,13H,6-10H2;4-6H,3H2,1-2H3;1H/q;;;+1;/b;20-12+;;;. The Morgan fingerprint density at radius 2 is 1.02 bits per heavy atom. The maximum absolute atomic E-state index is 12.9. The first-order valence-corrected chi connectivity index (χ1v) is 30.2. The van der Waals surface area contributed by atoms with Gasteiger partial charge in [0.25, 0.3) is 14.2 Å². The van der Waals surface area contributed by atoms with Gasteiger partial charge in [-0.15, -0.1) is 5.76 Å². The average molecular weight is 1150 g/mol. The fraction of sp³-hybridized carbons (Fsp3) is 0.403. The van der Waals surface area contributed by atoms with E-state index < -0.39 is 0 Å². The molecule has 13 heteroatoms. The van der Waals surface area contributed by atoms with Gasteiger partial charge in [0, 0.05) is 56.0 Å². The Kier molecular flexibility index (Phi) is 22.1. The highest BCUT2D eigenvalue weighted by Gasteiger charge is 2.36. The number of aldehydes is 1. The molecule has 7 aliphatic rings. The summed E-state index contributed by atoms with van der Waals surface area (Å²) in [4.78, 5) is 43.9. The van der Waals surface area contributed by atoms with Crippen LogP contribution in [0.4, 0.5) is 0 Å². The lowest BCUT2D eigenvalue weighted by Crippen LogP contribution is -2.34. The Morgan fingerprint density at radius 1 is 0.576 bits per heavy atom. The van der Waals surface area contributed by atoms with E-state index in [-0.39, 0.29) is 24.7 Å². The van der Waals surface area contributed by atoms with Gasteiger partial charge in [-0.2, -0.15) is 0 Å². The van der Waals surface area contributed by atoms with E-state index in [0.717, 1.165) is 143 Å². The smallest absolute Gasteiger partial charge is 0.445 e. The fourth-order valence-electron chi connectivity index (χ4n) is 12.7. The van der Waals surface area contributed by atoms with E-state index in [9.17, 15) is 19.5 Å². The summed E-state index contributed by atoms with van der Waals surface area (Å²) in [5, 5.41) is 11.4. The van der Waals surface area contributed by atoms with Gasteiger partial charge in [0.1, 0.15) is 6.29 Å². The highest BCUT2D eigenvalue weighted by Crippen LogP contribution is 2.41. The van der Waals surface area contributed by atoms with Gasteiger partial charge in [0.15, 0.2) is 34.6 Å². The molecule has 3 fully saturated rings. The number of Topliss-reactive ketones (excluding diaryl/α,β-unsaturated/α-hetero) is 2. The van der Waals surface area contributed by atoms with Gasteiger partial charge in [0.05, 0.1) is 40.6 Å². The van der Waals surface area contributed by atoms with Gasteiger partial charge in [-0.1, -0.05) is 103 Å². The molecule has 3 saturated heterocycles. The Labute approximate surface area is 504 Å². The summed E-state index contributed by atoms with van der Waals surface area (Å²) >= 11 is 0. The second-order valence-electron chi connectivity index (χ2n) is 23.1. The molecule has 3 heterocycles. The summed E-state index contributed by atoms with van der Waals surface area (Å²) in [5.74, 6) is 5.95. The highest BCUT2D eigenvalue weighted by atomic mass is 16.5. The Hall–Kier alpha value is -7.71. The second-order valence-corrected chi connectivity index (χ2v) is 23.1. The number of likely N-dealkylation sites (tertiary alicyclic amines) is 3. The number of ether oxygens (including phenoxy) is 4. The van der Waals surface area contributed by atoms with Crippen LogP contribution in [0.15, 0.2) is 162 Å². The first-order valence-electron chi connectivity index (χ1n) is 30.2. The van der Waals surface area contributed by atoms with Crippen LogP contribution in [-0.2, 0) is 46.1 Å². The molecule has 0 N–H and O–H groups in total. The fourth-order valence-corrected chi connectivity index (χ4v) is 12.7. The van der Waals surface area contributed by atoms with E-state index in [1.165, 1.54) is 29.5 Å². The van der Waals surface area contributed by atoms with Crippen molar-refractivity contribution in [1.29, 1.82) is 0 Å². The number of nitrogens with zero attached hydrogens (tertiary/aromatic N) is 3. The lowest BCUT2D eigenvalue weighted by molar-refractivity contribution is -0.434. The lowest BCUT2D eigenvalue weighted by Gasteiger charge is -2.32. The van der Waals surface area contributed by atoms with Gasteiger partial charge in [0.2, 0.25) is 0 Å². The third-order valence-electron chi connectivity index (χ3n) is 17.6. The average Bonchev–Trinajstić information content (AvgIpc) is 4.27. The van der Waals surface area contributed by atoms with E-state index in [1.807, 2.05) is 36.4 Å². The molecule has 12 rings (SSSR count). The number of rotatable bonds is 14. The highest BCUT2D eigenvalue weighted by molar-refractivity contribution is 6.47. The van der Waals surface area contributed by atoms with Gasteiger partial charge in [-0.25, -0.2) is 8.85 Å². The topological polar surface area (TPSA) is 144 Å². The van der Waals surface area contributed by atoms with Crippen LogP contribution in [-0.4, -0.2) is 126 Å². The number of piperidine rings is 3. The van der Waals surface area contributed by atoms with Crippen LogP contribution in [0.1, 0.15) is 101 Å². The van der Waals surface area contributed by atoms with Crippen LogP contribution in [0.5, 0.6) is 23.0 Å². The number of benzene rings is 5. The molecule has 0 radical (unpaired) electrons. The molecular formula is C72H86N3O10+. The predicted octanol–water partition coefficient (Wildman–Crippen LogP) is 11.0. The van der Waals surface area contributed by atoms with E-state index >= 15 is 0 Å². The minimum atomic E-state index is 0. The largest absolute Gasteiger partial charge is 0.872 e. The number of carbonyl (C=O) groups excluding carboxylic acids is 5. The quantitative estimate of drug-likeness (QED) is 0.0345. The second kappa shape index (κ2) is 30.4. The number of ketones is 4. The molecule has 0 spiro atoms. The maximum Gasteiger partial charge on any atom is 0.445 e.